The minimum Gasteiger partial charge on any atom is -0.481 e. The zero-order valence-electron chi connectivity index (χ0n) is 12.7. The summed E-state index contributed by atoms with van der Waals surface area (Å²) >= 11 is 0. The van der Waals surface area contributed by atoms with Crippen LogP contribution in [0.5, 0.6) is 0 Å². The first-order valence-electron chi connectivity index (χ1n) is 7.96. The van der Waals surface area contributed by atoms with Gasteiger partial charge in [-0.2, -0.15) is 0 Å². The van der Waals surface area contributed by atoms with Crippen LogP contribution in [0.3, 0.4) is 0 Å². The largest absolute Gasteiger partial charge is 0.481 e. The normalized spacial score (nSPS) is 40.5. The number of hydrogen-bond acceptors (Lipinski definition) is 2. The lowest BCUT2D eigenvalue weighted by Gasteiger charge is -2.38. The molecule has 0 amide bonds. The molecule has 1 aliphatic heterocycles. The first kappa shape index (κ1) is 14.8. The van der Waals surface area contributed by atoms with Gasteiger partial charge in [-0.3, -0.25) is 9.69 Å². The Bertz CT molecular complexity index is 331. The van der Waals surface area contributed by atoms with Gasteiger partial charge in [-0.1, -0.05) is 27.2 Å². The summed E-state index contributed by atoms with van der Waals surface area (Å²) in [5.74, 6) is 1.04. The second-order valence-electron chi connectivity index (χ2n) is 6.98. The van der Waals surface area contributed by atoms with E-state index >= 15 is 0 Å². The van der Waals surface area contributed by atoms with Gasteiger partial charge in [0.15, 0.2) is 0 Å². The Morgan fingerprint density at radius 1 is 1.32 bits per heavy atom. The number of hydrogen-bond donors (Lipinski definition) is 1. The number of carbonyl (C=O) groups is 1. The average Bonchev–Trinajstić information content (AvgIpc) is 2.79. The van der Waals surface area contributed by atoms with E-state index in [2.05, 4.69) is 25.7 Å². The van der Waals surface area contributed by atoms with Crippen LogP contribution >= 0.6 is 0 Å². The molecule has 3 heteroatoms. The van der Waals surface area contributed by atoms with E-state index in [1.807, 2.05) is 0 Å². The van der Waals surface area contributed by atoms with E-state index < -0.39 is 11.4 Å². The van der Waals surface area contributed by atoms with E-state index in [0.29, 0.717) is 6.04 Å². The summed E-state index contributed by atoms with van der Waals surface area (Å²) in [7, 11) is 0. The van der Waals surface area contributed by atoms with E-state index in [0.717, 1.165) is 44.2 Å². The Balaban J connectivity index is 1.99. The SMILES string of the molecule is CCCC1(C(=O)O)CCN(C2CCC(C)C(C)C2)C1. The lowest BCUT2D eigenvalue weighted by atomic mass is 9.78. The van der Waals surface area contributed by atoms with Crippen LogP contribution in [0, 0.1) is 17.3 Å². The summed E-state index contributed by atoms with van der Waals surface area (Å²) in [6, 6.07) is 0.629. The topological polar surface area (TPSA) is 40.5 Å². The Kier molecular flexibility index (Phi) is 4.54. The lowest BCUT2D eigenvalue weighted by molar-refractivity contribution is -0.148. The Morgan fingerprint density at radius 3 is 2.63 bits per heavy atom. The molecule has 0 spiro atoms. The zero-order chi connectivity index (χ0) is 14.0. The molecule has 0 aromatic rings. The zero-order valence-corrected chi connectivity index (χ0v) is 12.7. The maximum atomic E-state index is 11.6. The molecule has 0 radical (unpaired) electrons. The maximum Gasteiger partial charge on any atom is 0.310 e. The van der Waals surface area contributed by atoms with Crippen LogP contribution in [0.4, 0.5) is 0 Å². The molecule has 4 unspecified atom stereocenters. The molecule has 4 atom stereocenters. The summed E-state index contributed by atoms with van der Waals surface area (Å²) in [5.41, 5.74) is -0.457. The van der Waals surface area contributed by atoms with Crippen LogP contribution in [0.25, 0.3) is 0 Å². The van der Waals surface area contributed by atoms with Crippen molar-refractivity contribution in [3.05, 3.63) is 0 Å². The van der Waals surface area contributed by atoms with Crippen molar-refractivity contribution in [1.29, 1.82) is 0 Å². The number of likely N-dealkylation sites (tertiary alicyclic amines) is 1. The Morgan fingerprint density at radius 2 is 2.05 bits per heavy atom. The molecule has 2 aliphatic rings. The highest BCUT2D eigenvalue weighted by atomic mass is 16.4. The van der Waals surface area contributed by atoms with Crippen LogP contribution in [0.15, 0.2) is 0 Å². The fraction of sp³-hybridized carbons (Fsp3) is 0.938. The minimum atomic E-state index is -0.575. The van der Waals surface area contributed by atoms with Gasteiger partial charge in [-0.25, -0.2) is 0 Å². The average molecular weight is 267 g/mol. The minimum absolute atomic E-state index is 0.457. The summed E-state index contributed by atoms with van der Waals surface area (Å²) in [4.78, 5) is 14.1. The van der Waals surface area contributed by atoms with E-state index in [4.69, 9.17) is 0 Å². The number of carboxylic acids is 1. The van der Waals surface area contributed by atoms with Gasteiger partial charge in [-0.15, -0.1) is 0 Å². The molecule has 1 saturated heterocycles. The van der Waals surface area contributed by atoms with Crippen LogP contribution in [0.1, 0.15) is 59.3 Å². The molecule has 3 nitrogen and oxygen atoms in total. The fourth-order valence-electron chi connectivity index (χ4n) is 4.03. The highest BCUT2D eigenvalue weighted by molar-refractivity contribution is 5.75. The van der Waals surface area contributed by atoms with Crippen molar-refractivity contribution in [3.8, 4) is 0 Å². The van der Waals surface area contributed by atoms with Gasteiger partial charge in [0, 0.05) is 12.6 Å². The van der Waals surface area contributed by atoms with Gasteiger partial charge >= 0.3 is 5.97 Å². The summed E-state index contributed by atoms with van der Waals surface area (Å²) in [6.45, 7) is 8.56. The molecule has 0 bridgehead atoms. The maximum absolute atomic E-state index is 11.6. The van der Waals surface area contributed by atoms with Crippen molar-refractivity contribution in [2.75, 3.05) is 13.1 Å². The molecule has 2 fully saturated rings. The molecule has 1 N–H and O–H groups in total. The van der Waals surface area contributed by atoms with Gasteiger partial charge in [0.05, 0.1) is 5.41 Å². The highest BCUT2D eigenvalue weighted by Gasteiger charge is 2.46. The molecule has 1 aliphatic carbocycles. The van der Waals surface area contributed by atoms with Gasteiger partial charge < -0.3 is 5.11 Å². The van der Waals surface area contributed by atoms with Crippen LogP contribution in [0.2, 0.25) is 0 Å². The molecular weight excluding hydrogens is 238 g/mol. The molecule has 2 rings (SSSR count). The summed E-state index contributed by atoms with van der Waals surface area (Å²) < 4.78 is 0. The van der Waals surface area contributed by atoms with Gasteiger partial charge in [-0.05, 0) is 50.5 Å². The van der Waals surface area contributed by atoms with Crippen molar-refractivity contribution >= 4 is 5.97 Å². The predicted molar refractivity (Wildman–Crippen MR) is 77.1 cm³/mol. The third kappa shape index (κ3) is 2.96. The number of carboxylic acid groups (broad SMARTS) is 1. The van der Waals surface area contributed by atoms with E-state index in [-0.39, 0.29) is 0 Å². The molecular formula is C16H29NO2. The second kappa shape index (κ2) is 5.82. The van der Waals surface area contributed by atoms with Crippen molar-refractivity contribution in [3.63, 3.8) is 0 Å². The van der Waals surface area contributed by atoms with E-state index in [1.54, 1.807) is 0 Å². The Hall–Kier alpha value is -0.570. The fourth-order valence-corrected chi connectivity index (χ4v) is 4.03. The summed E-state index contributed by atoms with van der Waals surface area (Å²) in [5, 5.41) is 9.58. The summed E-state index contributed by atoms with van der Waals surface area (Å²) in [6.07, 6.45) is 6.46. The van der Waals surface area contributed by atoms with Crippen molar-refractivity contribution in [2.24, 2.45) is 17.3 Å². The molecule has 0 aromatic carbocycles. The lowest BCUT2D eigenvalue weighted by Crippen LogP contribution is -2.42. The molecule has 1 saturated carbocycles. The van der Waals surface area contributed by atoms with Crippen molar-refractivity contribution in [2.45, 2.75) is 65.3 Å². The van der Waals surface area contributed by atoms with Crippen molar-refractivity contribution in [1.82, 2.24) is 4.90 Å². The van der Waals surface area contributed by atoms with Gasteiger partial charge in [0.25, 0.3) is 0 Å². The van der Waals surface area contributed by atoms with E-state index in [9.17, 15) is 9.90 Å². The first-order chi connectivity index (χ1) is 8.98. The number of rotatable bonds is 4. The monoisotopic (exact) mass is 267 g/mol. The standard InChI is InChI=1S/C16H29NO2/c1-4-7-16(15(18)19)8-9-17(11-16)14-6-5-12(2)13(3)10-14/h12-14H,4-11H2,1-3H3,(H,18,19). The molecule has 110 valence electrons. The van der Waals surface area contributed by atoms with Crippen LogP contribution in [-0.4, -0.2) is 35.1 Å². The number of nitrogens with zero attached hydrogens (tertiary/aromatic N) is 1. The third-order valence-electron chi connectivity index (χ3n) is 5.65. The molecule has 0 aromatic heterocycles. The second-order valence-corrected chi connectivity index (χ2v) is 6.98. The van der Waals surface area contributed by atoms with Crippen LogP contribution in [-0.2, 0) is 4.79 Å². The smallest absolute Gasteiger partial charge is 0.310 e. The molecule has 1 heterocycles. The quantitative estimate of drug-likeness (QED) is 0.849. The van der Waals surface area contributed by atoms with Crippen molar-refractivity contribution < 1.29 is 9.90 Å². The van der Waals surface area contributed by atoms with Gasteiger partial charge in [0.2, 0.25) is 0 Å². The highest BCUT2D eigenvalue weighted by Crippen LogP contribution is 2.40. The molecule has 19 heavy (non-hydrogen) atoms. The first-order valence-corrected chi connectivity index (χ1v) is 7.96. The van der Waals surface area contributed by atoms with Gasteiger partial charge in [0.1, 0.15) is 0 Å². The predicted octanol–water partition coefficient (Wildman–Crippen LogP) is 3.39. The number of aliphatic carboxylic acids is 1. The van der Waals surface area contributed by atoms with Crippen LogP contribution < -0.4 is 0 Å². The third-order valence-corrected chi connectivity index (χ3v) is 5.65. The Labute approximate surface area is 117 Å². The van der Waals surface area contributed by atoms with E-state index in [1.165, 1.54) is 19.3 Å².